The summed E-state index contributed by atoms with van der Waals surface area (Å²) in [5.74, 6) is -0.381. The number of aromatic carboxylic acids is 1. The lowest BCUT2D eigenvalue weighted by atomic mass is 10.1. The summed E-state index contributed by atoms with van der Waals surface area (Å²) in [6.45, 7) is 2.17. The molecule has 0 aliphatic carbocycles. The number of nitrogens with one attached hydrogen (secondary N) is 2. The van der Waals surface area contributed by atoms with Gasteiger partial charge in [-0.2, -0.15) is 5.21 Å². The summed E-state index contributed by atoms with van der Waals surface area (Å²) in [7, 11) is 0. The standard InChI is InChI=1S/C16H12N6O5/c1-2-26-10-5-7(15-17-9(6-27-15)16(24)25)3-4-8(10)12-18-13-11(14(23)19-12)20-22-21-13/h3-6H,2H2,1H3,(H,24,25)(H2,18,19,20,21,22,23). The van der Waals surface area contributed by atoms with Crippen LogP contribution in [0.25, 0.3) is 34.0 Å². The van der Waals surface area contributed by atoms with Crippen LogP contribution >= 0.6 is 0 Å². The molecule has 0 atom stereocenters. The van der Waals surface area contributed by atoms with E-state index < -0.39 is 11.5 Å². The highest BCUT2D eigenvalue weighted by Crippen LogP contribution is 2.32. The number of aromatic nitrogens is 6. The molecule has 0 unspecified atom stereocenters. The fraction of sp³-hybridized carbons (Fsp3) is 0.125. The molecule has 4 rings (SSSR count). The average Bonchev–Trinajstić information content (AvgIpc) is 3.31. The molecule has 3 aromatic heterocycles. The number of carboxylic acids is 1. The minimum Gasteiger partial charge on any atom is -0.493 e. The molecule has 4 aromatic rings. The zero-order valence-corrected chi connectivity index (χ0v) is 13.9. The predicted octanol–water partition coefficient (Wildman–Crippen LogP) is 1.46. The molecule has 1 aromatic carbocycles. The number of hydrogen-bond acceptors (Lipinski definition) is 8. The Morgan fingerprint density at radius 3 is 2.89 bits per heavy atom. The van der Waals surface area contributed by atoms with Crippen molar-refractivity contribution >= 4 is 17.1 Å². The van der Waals surface area contributed by atoms with Crippen molar-refractivity contribution < 1.29 is 19.1 Å². The summed E-state index contributed by atoms with van der Waals surface area (Å²) in [5.41, 5.74) is 0.684. The first kappa shape index (κ1) is 16.4. The number of oxazole rings is 1. The molecule has 0 spiro atoms. The minimum atomic E-state index is -1.19. The molecule has 27 heavy (non-hydrogen) atoms. The van der Waals surface area contributed by atoms with Crippen LogP contribution in [0.2, 0.25) is 0 Å². The second kappa shape index (κ2) is 6.37. The van der Waals surface area contributed by atoms with Crippen LogP contribution in [0.15, 0.2) is 33.7 Å². The molecule has 3 N–H and O–H groups in total. The van der Waals surface area contributed by atoms with Crippen molar-refractivity contribution in [3.05, 3.63) is 40.5 Å². The molecule has 0 fully saturated rings. The van der Waals surface area contributed by atoms with Gasteiger partial charge in [-0.3, -0.25) is 4.79 Å². The summed E-state index contributed by atoms with van der Waals surface area (Å²) in [5, 5.41) is 18.9. The number of hydrogen-bond donors (Lipinski definition) is 3. The summed E-state index contributed by atoms with van der Waals surface area (Å²) >= 11 is 0. The molecule has 0 amide bonds. The van der Waals surface area contributed by atoms with Gasteiger partial charge in [0, 0.05) is 5.56 Å². The lowest BCUT2D eigenvalue weighted by Gasteiger charge is -2.10. The van der Waals surface area contributed by atoms with Crippen LogP contribution in [0, 0.1) is 0 Å². The van der Waals surface area contributed by atoms with E-state index in [1.54, 1.807) is 25.1 Å². The van der Waals surface area contributed by atoms with Crippen molar-refractivity contribution in [2.75, 3.05) is 6.61 Å². The Kier molecular flexibility index (Phi) is 3.88. The van der Waals surface area contributed by atoms with Crippen molar-refractivity contribution in [3.8, 4) is 28.6 Å². The van der Waals surface area contributed by atoms with E-state index in [1.165, 1.54) is 0 Å². The van der Waals surface area contributed by atoms with Crippen LogP contribution in [-0.4, -0.2) is 48.0 Å². The van der Waals surface area contributed by atoms with Gasteiger partial charge in [-0.1, -0.05) is 0 Å². The second-order valence-corrected chi connectivity index (χ2v) is 5.40. The molecular weight excluding hydrogens is 356 g/mol. The molecule has 11 heteroatoms. The van der Waals surface area contributed by atoms with Gasteiger partial charge in [-0.25, -0.2) is 14.8 Å². The third kappa shape index (κ3) is 2.90. The maximum Gasteiger partial charge on any atom is 0.357 e. The lowest BCUT2D eigenvalue weighted by Crippen LogP contribution is -2.10. The SMILES string of the molecule is CCOc1cc(-c2nc(C(=O)O)co2)ccc1-c1nc2n[nH]nc2c(=O)[nH]1. The summed E-state index contributed by atoms with van der Waals surface area (Å²) < 4.78 is 10.9. The maximum absolute atomic E-state index is 12.1. The molecule has 3 heterocycles. The first-order chi connectivity index (χ1) is 13.1. The Morgan fingerprint density at radius 2 is 2.15 bits per heavy atom. The fourth-order valence-corrected chi connectivity index (χ4v) is 2.51. The third-order valence-electron chi connectivity index (χ3n) is 3.70. The Bertz CT molecular complexity index is 1210. The Hall–Kier alpha value is -4.02. The zero-order chi connectivity index (χ0) is 19.0. The summed E-state index contributed by atoms with van der Waals surface area (Å²) in [6, 6.07) is 4.95. The van der Waals surface area contributed by atoms with Gasteiger partial charge in [0.15, 0.2) is 11.2 Å². The van der Waals surface area contributed by atoms with E-state index in [2.05, 4.69) is 30.4 Å². The number of aromatic amines is 2. The lowest BCUT2D eigenvalue weighted by molar-refractivity contribution is 0.0690. The zero-order valence-electron chi connectivity index (χ0n) is 13.9. The van der Waals surface area contributed by atoms with Crippen molar-refractivity contribution in [1.82, 2.24) is 30.4 Å². The van der Waals surface area contributed by atoms with E-state index in [0.29, 0.717) is 23.5 Å². The predicted molar refractivity (Wildman–Crippen MR) is 91.4 cm³/mol. The molecule has 0 bridgehead atoms. The van der Waals surface area contributed by atoms with E-state index in [4.69, 9.17) is 14.3 Å². The largest absolute Gasteiger partial charge is 0.493 e. The molecular formula is C16H12N6O5. The van der Waals surface area contributed by atoms with Gasteiger partial charge in [0.05, 0.1) is 12.2 Å². The highest BCUT2D eigenvalue weighted by Gasteiger charge is 2.17. The van der Waals surface area contributed by atoms with Crippen molar-refractivity contribution in [1.29, 1.82) is 0 Å². The van der Waals surface area contributed by atoms with E-state index in [-0.39, 0.29) is 28.6 Å². The van der Waals surface area contributed by atoms with Gasteiger partial charge in [-0.05, 0) is 25.1 Å². The van der Waals surface area contributed by atoms with Gasteiger partial charge in [-0.15, -0.1) is 10.2 Å². The number of fused-ring (bicyclic) bond motifs is 1. The number of rotatable bonds is 5. The molecule has 0 aliphatic heterocycles. The van der Waals surface area contributed by atoms with Crippen LogP contribution in [0.5, 0.6) is 5.75 Å². The van der Waals surface area contributed by atoms with Crippen molar-refractivity contribution in [2.24, 2.45) is 0 Å². The molecule has 11 nitrogen and oxygen atoms in total. The normalized spacial score (nSPS) is 11.0. The molecule has 0 saturated carbocycles. The maximum atomic E-state index is 12.1. The third-order valence-corrected chi connectivity index (χ3v) is 3.70. The Labute approximate surface area is 150 Å². The number of carboxylic acid groups (broad SMARTS) is 1. The Balaban J connectivity index is 1.82. The van der Waals surface area contributed by atoms with E-state index in [1.807, 2.05) is 0 Å². The van der Waals surface area contributed by atoms with Gasteiger partial charge in [0.25, 0.3) is 5.56 Å². The van der Waals surface area contributed by atoms with Gasteiger partial charge >= 0.3 is 5.97 Å². The van der Waals surface area contributed by atoms with Gasteiger partial charge in [0.2, 0.25) is 11.5 Å². The fourth-order valence-electron chi connectivity index (χ4n) is 2.51. The van der Waals surface area contributed by atoms with E-state index >= 15 is 0 Å². The van der Waals surface area contributed by atoms with Crippen LogP contribution in [-0.2, 0) is 0 Å². The van der Waals surface area contributed by atoms with Gasteiger partial charge in [0.1, 0.15) is 17.8 Å². The Morgan fingerprint density at radius 1 is 1.30 bits per heavy atom. The topological polar surface area (TPSA) is 160 Å². The highest BCUT2D eigenvalue weighted by atomic mass is 16.5. The van der Waals surface area contributed by atoms with E-state index in [9.17, 15) is 9.59 Å². The van der Waals surface area contributed by atoms with E-state index in [0.717, 1.165) is 6.26 Å². The average molecular weight is 368 g/mol. The molecule has 0 radical (unpaired) electrons. The first-order valence-electron chi connectivity index (χ1n) is 7.84. The minimum absolute atomic E-state index is 0.106. The van der Waals surface area contributed by atoms with Crippen molar-refractivity contribution in [2.45, 2.75) is 6.92 Å². The summed E-state index contributed by atoms with van der Waals surface area (Å²) in [6.07, 6.45) is 1.06. The first-order valence-corrected chi connectivity index (χ1v) is 7.84. The highest BCUT2D eigenvalue weighted by molar-refractivity contribution is 5.85. The van der Waals surface area contributed by atoms with Crippen LogP contribution in [0.3, 0.4) is 0 Å². The van der Waals surface area contributed by atoms with Crippen LogP contribution < -0.4 is 10.3 Å². The quantitative estimate of drug-likeness (QED) is 0.473. The number of nitrogens with zero attached hydrogens (tertiary/aromatic N) is 4. The number of ether oxygens (including phenoxy) is 1. The number of carbonyl (C=O) groups is 1. The smallest absolute Gasteiger partial charge is 0.357 e. The molecule has 0 saturated heterocycles. The van der Waals surface area contributed by atoms with Gasteiger partial charge < -0.3 is 19.2 Å². The summed E-state index contributed by atoms with van der Waals surface area (Å²) in [4.78, 5) is 33.9. The van der Waals surface area contributed by atoms with Crippen LogP contribution in [0.1, 0.15) is 17.4 Å². The second-order valence-electron chi connectivity index (χ2n) is 5.40. The monoisotopic (exact) mass is 368 g/mol. The molecule has 0 aliphatic rings. The number of benzene rings is 1. The molecule has 136 valence electrons. The number of H-pyrrole nitrogens is 2. The van der Waals surface area contributed by atoms with Crippen LogP contribution in [0.4, 0.5) is 0 Å². The van der Waals surface area contributed by atoms with Crippen molar-refractivity contribution in [3.63, 3.8) is 0 Å².